The van der Waals surface area contributed by atoms with Gasteiger partial charge in [-0.05, 0) is 90.4 Å². The Bertz CT molecular complexity index is 945. The molecule has 3 N–H and O–H groups in total. The maximum atomic E-state index is 11.4. The molecule has 0 saturated heterocycles. The van der Waals surface area contributed by atoms with Crippen molar-refractivity contribution in [2.24, 2.45) is 27.8 Å². The SMILES string of the molecule is C=CC12CCc3cc(OS(N)(=O)=O)ccc3[C@H]1C(CCCCC)C[C@]1(C)C(O)CC[C@@H]21. The van der Waals surface area contributed by atoms with Gasteiger partial charge in [-0.1, -0.05) is 45.3 Å². The molecule has 5 nitrogen and oxygen atoms in total. The number of aryl methyl sites for hydroxylation is 1. The lowest BCUT2D eigenvalue weighted by Gasteiger charge is -2.60. The second kappa shape index (κ2) is 8.20. The highest BCUT2D eigenvalue weighted by molar-refractivity contribution is 7.84. The Kier molecular flexibility index (Phi) is 6.03. The zero-order valence-electron chi connectivity index (χ0n) is 18.8. The predicted octanol–water partition coefficient (Wildman–Crippen LogP) is 4.85. The zero-order chi connectivity index (χ0) is 22.4. The van der Waals surface area contributed by atoms with Gasteiger partial charge in [0.15, 0.2) is 0 Å². The summed E-state index contributed by atoms with van der Waals surface area (Å²) in [6, 6.07) is 5.65. The fourth-order valence-corrected chi connectivity index (χ4v) is 7.90. The zero-order valence-corrected chi connectivity index (χ0v) is 19.7. The minimum atomic E-state index is -4.04. The molecule has 6 heteroatoms. The molecule has 3 unspecified atom stereocenters. The topological polar surface area (TPSA) is 89.6 Å². The fourth-order valence-electron chi connectivity index (χ4n) is 7.52. The molecule has 0 heterocycles. The van der Waals surface area contributed by atoms with E-state index in [9.17, 15) is 13.5 Å². The molecule has 0 aromatic heterocycles. The Balaban J connectivity index is 1.78. The quantitative estimate of drug-likeness (QED) is 0.462. The third-order valence-corrected chi connectivity index (χ3v) is 9.16. The first-order valence-corrected chi connectivity index (χ1v) is 13.3. The van der Waals surface area contributed by atoms with Crippen molar-refractivity contribution in [3.8, 4) is 5.75 Å². The number of hydrogen-bond acceptors (Lipinski definition) is 4. The minimum Gasteiger partial charge on any atom is -0.393 e. The first-order valence-electron chi connectivity index (χ1n) is 11.8. The van der Waals surface area contributed by atoms with Gasteiger partial charge in [0.1, 0.15) is 5.75 Å². The Morgan fingerprint density at radius 1 is 1.32 bits per heavy atom. The molecule has 4 rings (SSSR count). The van der Waals surface area contributed by atoms with Crippen LogP contribution in [0.15, 0.2) is 30.9 Å². The lowest BCUT2D eigenvalue weighted by molar-refractivity contribution is -0.0812. The highest BCUT2D eigenvalue weighted by Crippen LogP contribution is 2.69. The highest BCUT2D eigenvalue weighted by atomic mass is 32.2. The molecule has 0 radical (unpaired) electrons. The molecule has 0 amide bonds. The van der Waals surface area contributed by atoms with Crippen LogP contribution in [0.5, 0.6) is 5.75 Å². The van der Waals surface area contributed by atoms with E-state index in [1.165, 1.54) is 24.8 Å². The van der Waals surface area contributed by atoms with Crippen molar-refractivity contribution in [1.82, 2.24) is 0 Å². The van der Waals surface area contributed by atoms with Crippen LogP contribution in [-0.2, 0) is 16.7 Å². The van der Waals surface area contributed by atoms with Gasteiger partial charge in [-0.25, -0.2) is 0 Å². The van der Waals surface area contributed by atoms with Crippen LogP contribution in [0, 0.1) is 22.7 Å². The minimum absolute atomic E-state index is 0.0311. The summed E-state index contributed by atoms with van der Waals surface area (Å²) < 4.78 is 27.8. The molecule has 2 fully saturated rings. The first kappa shape index (κ1) is 22.8. The van der Waals surface area contributed by atoms with Gasteiger partial charge < -0.3 is 9.29 Å². The number of rotatable bonds is 7. The monoisotopic (exact) mass is 447 g/mol. The highest BCUT2D eigenvalue weighted by Gasteiger charge is 2.63. The molecule has 0 spiro atoms. The molecule has 2 saturated carbocycles. The molecular weight excluding hydrogens is 410 g/mol. The van der Waals surface area contributed by atoms with Gasteiger partial charge in [-0.2, -0.15) is 13.6 Å². The normalized spacial score (nSPS) is 36.9. The van der Waals surface area contributed by atoms with Crippen molar-refractivity contribution in [2.75, 3.05) is 0 Å². The number of unbranched alkanes of at least 4 members (excludes halogenated alkanes) is 2. The van der Waals surface area contributed by atoms with Crippen molar-refractivity contribution in [3.05, 3.63) is 42.0 Å². The van der Waals surface area contributed by atoms with Crippen molar-refractivity contribution < 1.29 is 17.7 Å². The van der Waals surface area contributed by atoms with E-state index >= 15 is 0 Å². The number of fused-ring (bicyclic) bond motifs is 5. The summed E-state index contributed by atoms with van der Waals surface area (Å²) in [4.78, 5) is 0. The average Bonchev–Trinajstić information content (AvgIpc) is 3.01. The van der Waals surface area contributed by atoms with E-state index in [0.29, 0.717) is 17.8 Å². The summed E-state index contributed by atoms with van der Waals surface area (Å²) in [5.41, 5.74) is 2.37. The molecule has 31 heavy (non-hydrogen) atoms. The Labute approximate surface area is 187 Å². The molecule has 1 aromatic rings. The van der Waals surface area contributed by atoms with Crippen molar-refractivity contribution in [1.29, 1.82) is 0 Å². The van der Waals surface area contributed by atoms with Gasteiger partial charge in [0.25, 0.3) is 0 Å². The summed E-state index contributed by atoms with van der Waals surface area (Å²) >= 11 is 0. The standard InChI is InChI=1S/C25H37NO4S/c1-4-6-7-8-18-16-24(3)21(11-12-22(24)27)25(5-2)14-13-17-15-19(30-31(26,28)29)9-10-20(17)23(18)25/h5,9-10,15,18,21-23,27H,2,4,6-8,11-14,16H2,1,3H3,(H2,26,28,29)/t18?,21-,22?,23-,24+,25?/m1/s1. The average molecular weight is 448 g/mol. The van der Waals surface area contributed by atoms with Crippen molar-refractivity contribution in [2.45, 2.75) is 83.7 Å². The maximum Gasteiger partial charge on any atom is 0.380 e. The molecular formula is C25H37NO4S. The van der Waals surface area contributed by atoms with Gasteiger partial charge in [-0.15, -0.1) is 6.58 Å². The summed E-state index contributed by atoms with van der Waals surface area (Å²) in [6.45, 7) is 8.88. The molecule has 172 valence electrons. The number of nitrogens with two attached hydrogens (primary N) is 1. The van der Waals surface area contributed by atoms with Crippen molar-refractivity contribution in [3.63, 3.8) is 0 Å². The van der Waals surface area contributed by atoms with E-state index in [0.717, 1.165) is 44.1 Å². The lowest BCUT2D eigenvalue weighted by Crippen LogP contribution is -2.54. The second-order valence-corrected chi connectivity index (χ2v) is 11.5. The molecule has 0 bridgehead atoms. The number of benzene rings is 1. The van der Waals surface area contributed by atoms with Gasteiger partial charge >= 0.3 is 10.3 Å². The smallest absolute Gasteiger partial charge is 0.380 e. The van der Waals surface area contributed by atoms with Gasteiger partial charge in [-0.3, -0.25) is 0 Å². The van der Waals surface area contributed by atoms with Crippen LogP contribution in [0.2, 0.25) is 0 Å². The Hall–Kier alpha value is -1.37. The molecule has 3 aliphatic carbocycles. The molecule has 0 aliphatic heterocycles. The maximum absolute atomic E-state index is 11.4. The molecule has 1 aromatic carbocycles. The summed E-state index contributed by atoms with van der Waals surface area (Å²) in [5.74, 6) is 1.53. The molecule has 6 atom stereocenters. The third kappa shape index (κ3) is 3.85. The Morgan fingerprint density at radius 3 is 2.77 bits per heavy atom. The van der Waals surface area contributed by atoms with Gasteiger partial charge in [0, 0.05) is 0 Å². The van der Waals surface area contributed by atoms with Crippen LogP contribution in [0.3, 0.4) is 0 Å². The van der Waals surface area contributed by atoms with E-state index < -0.39 is 10.3 Å². The largest absolute Gasteiger partial charge is 0.393 e. The third-order valence-electron chi connectivity index (χ3n) is 8.74. The predicted molar refractivity (Wildman–Crippen MR) is 123 cm³/mol. The van der Waals surface area contributed by atoms with Crippen LogP contribution in [-0.4, -0.2) is 19.6 Å². The van der Waals surface area contributed by atoms with Crippen LogP contribution in [0.25, 0.3) is 0 Å². The van der Waals surface area contributed by atoms with Crippen LogP contribution in [0.1, 0.15) is 82.3 Å². The summed E-state index contributed by atoms with van der Waals surface area (Å²) in [7, 11) is -4.04. The number of aliphatic hydroxyl groups is 1. The Morgan fingerprint density at radius 2 is 2.10 bits per heavy atom. The van der Waals surface area contributed by atoms with Crippen LogP contribution < -0.4 is 9.32 Å². The molecule has 3 aliphatic rings. The van der Waals surface area contributed by atoms with E-state index in [2.05, 4.69) is 32.6 Å². The van der Waals surface area contributed by atoms with E-state index in [4.69, 9.17) is 9.32 Å². The van der Waals surface area contributed by atoms with Crippen molar-refractivity contribution >= 4 is 10.3 Å². The lowest BCUT2D eigenvalue weighted by atomic mass is 9.44. The van der Waals surface area contributed by atoms with E-state index in [1.807, 2.05) is 6.07 Å². The number of aliphatic hydroxyl groups excluding tert-OH is 1. The van der Waals surface area contributed by atoms with E-state index in [1.54, 1.807) is 6.07 Å². The number of hydrogen-bond donors (Lipinski definition) is 2. The summed E-state index contributed by atoms with van der Waals surface area (Å²) in [5, 5.41) is 16.1. The van der Waals surface area contributed by atoms with E-state index in [-0.39, 0.29) is 22.7 Å². The van der Waals surface area contributed by atoms with Crippen LogP contribution >= 0.6 is 0 Å². The first-order chi connectivity index (χ1) is 14.6. The number of allylic oxidation sites excluding steroid dienone is 1. The van der Waals surface area contributed by atoms with Gasteiger partial charge in [0.05, 0.1) is 6.10 Å². The second-order valence-electron chi connectivity index (χ2n) is 10.3. The van der Waals surface area contributed by atoms with Gasteiger partial charge in [0.2, 0.25) is 0 Å². The fraction of sp³-hybridized carbons (Fsp3) is 0.680. The van der Waals surface area contributed by atoms with Crippen LogP contribution in [0.4, 0.5) is 0 Å². The summed E-state index contributed by atoms with van der Waals surface area (Å²) in [6.07, 6.45) is 11.5.